The number of carbonyl (C=O) groups excluding carboxylic acids is 1. The summed E-state index contributed by atoms with van der Waals surface area (Å²) < 4.78 is 0. The highest BCUT2D eigenvalue weighted by Gasteiger charge is 2.10. The fourth-order valence-electron chi connectivity index (χ4n) is 2.54. The molecule has 0 aliphatic heterocycles. The van der Waals surface area contributed by atoms with E-state index in [9.17, 15) is 4.79 Å². The van der Waals surface area contributed by atoms with Gasteiger partial charge in [-0.05, 0) is 22.8 Å². The van der Waals surface area contributed by atoms with Crippen LogP contribution < -0.4 is 0 Å². The summed E-state index contributed by atoms with van der Waals surface area (Å²) in [5.41, 5.74) is 1.16. The molecule has 0 saturated heterocycles. The lowest BCUT2D eigenvalue weighted by Crippen LogP contribution is -2.00. The summed E-state index contributed by atoms with van der Waals surface area (Å²) >= 11 is 0. The molecule has 1 atom stereocenters. The molecule has 0 radical (unpaired) electrons. The van der Waals surface area contributed by atoms with E-state index in [1.54, 1.807) is 0 Å². The summed E-state index contributed by atoms with van der Waals surface area (Å²) in [6, 6.07) is 14.7. The minimum Gasteiger partial charge on any atom is -0.303 e. The molecule has 1 heteroatoms. The molecule has 0 bridgehead atoms. The lowest BCUT2D eigenvalue weighted by molar-refractivity contribution is -0.109. The van der Waals surface area contributed by atoms with Gasteiger partial charge < -0.3 is 4.79 Å². The largest absolute Gasteiger partial charge is 0.303 e. The molecule has 0 unspecified atom stereocenters. The number of rotatable bonds is 7. The van der Waals surface area contributed by atoms with Gasteiger partial charge in [0.25, 0.3) is 0 Å². The average molecular weight is 254 g/mol. The molecule has 0 aliphatic rings. The maximum Gasteiger partial charge on any atom is 0.127 e. The SMILES string of the molecule is CCCCCC[C@H](C=O)c1ccc2ccccc2c1. The van der Waals surface area contributed by atoms with Crippen LogP contribution in [0.5, 0.6) is 0 Å². The normalized spacial score (nSPS) is 12.5. The van der Waals surface area contributed by atoms with Crippen molar-refractivity contribution in [1.82, 2.24) is 0 Å². The molecule has 0 aromatic heterocycles. The zero-order valence-electron chi connectivity index (χ0n) is 11.6. The molecule has 0 spiro atoms. The van der Waals surface area contributed by atoms with Crippen molar-refractivity contribution in [1.29, 1.82) is 0 Å². The van der Waals surface area contributed by atoms with Crippen LogP contribution in [0.3, 0.4) is 0 Å². The molecule has 0 amide bonds. The van der Waals surface area contributed by atoms with Crippen LogP contribution in [0.4, 0.5) is 0 Å². The van der Waals surface area contributed by atoms with E-state index < -0.39 is 0 Å². The lowest BCUT2D eigenvalue weighted by atomic mass is 9.92. The first-order valence-corrected chi connectivity index (χ1v) is 7.29. The first-order chi connectivity index (χ1) is 9.35. The van der Waals surface area contributed by atoms with Crippen LogP contribution in [0.2, 0.25) is 0 Å². The van der Waals surface area contributed by atoms with Crippen LogP contribution in [0.25, 0.3) is 10.8 Å². The van der Waals surface area contributed by atoms with Gasteiger partial charge in [0.15, 0.2) is 0 Å². The molecule has 2 aromatic rings. The van der Waals surface area contributed by atoms with Gasteiger partial charge >= 0.3 is 0 Å². The number of aldehydes is 1. The molecule has 0 fully saturated rings. The standard InChI is InChI=1S/C18H22O/c1-2-3-4-5-10-18(14-19)17-12-11-15-8-6-7-9-16(15)13-17/h6-9,11-14,18H,2-5,10H2,1H3/t18-/m1/s1. The second kappa shape index (κ2) is 7.08. The van der Waals surface area contributed by atoms with Gasteiger partial charge in [0, 0.05) is 5.92 Å². The van der Waals surface area contributed by atoms with E-state index >= 15 is 0 Å². The Bertz CT molecular complexity index is 530. The predicted molar refractivity (Wildman–Crippen MR) is 81.5 cm³/mol. The summed E-state index contributed by atoms with van der Waals surface area (Å²) in [7, 11) is 0. The predicted octanol–water partition coefficient (Wildman–Crippen LogP) is 5.09. The summed E-state index contributed by atoms with van der Waals surface area (Å²) in [5, 5.41) is 2.46. The molecular formula is C18H22O. The van der Waals surface area contributed by atoms with Gasteiger partial charge in [-0.1, -0.05) is 75.1 Å². The molecule has 100 valence electrons. The van der Waals surface area contributed by atoms with Crippen LogP contribution in [-0.4, -0.2) is 6.29 Å². The van der Waals surface area contributed by atoms with Crippen molar-refractivity contribution in [2.24, 2.45) is 0 Å². The number of carbonyl (C=O) groups is 1. The first-order valence-electron chi connectivity index (χ1n) is 7.29. The molecule has 1 nitrogen and oxygen atoms in total. The average Bonchev–Trinajstić information content (AvgIpc) is 2.47. The molecule has 0 heterocycles. The quantitative estimate of drug-likeness (QED) is 0.496. The number of benzene rings is 2. The number of fused-ring (bicyclic) bond motifs is 1. The molecule has 0 aliphatic carbocycles. The lowest BCUT2D eigenvalue weighted by Gasteiger charge is -2.11. The Labute approximate surface area is 115 Å². The van der Waals surface area contributed by atoms with Crippen molar-refractivity contribution in [3.63, 3.8) is 0 Å². The van der Waals surface area contributed by atoms with Crippen LogP contribution in [0.1, 0.15) is 50.5 Å². The minimum atomic E-state index is 0.0569. The number of unbranched alkanes of at least 4 members (excludes halogenated alkanes) is 3. The number of hydrogen-bond acceptors (Lipinski definition) is 1. The molecule has 2 rings (SSSR count). The Kier molecular flexibility index (Phi) is 5.14. The van der Waals surface area contributed by atoms with E-state index in [1.807, 2.05) is 12.1 Å². The second-order valence-electron chi connectivity index (χ2n) is 5.20. The number of hydrogen-bond donors (Lipinski definition) is 0. The molecule has 0 saturated carbocycles. The monoisotopic (exact) mass is 254 g/mol. The second-order valence-corrected chi connectivity index (χ2v) is 5.20. The minimum absolute atomic E-state index is 0.0569. The van der Waals surface area contributed by atoms with Gasteiger partial charge in [-0.3, -0.25) is 0 Å². The fourth-order valence-corrected chi connectivity index (χ4v) is 2.54. The van der Waals surface area contributed by atoms with Crippen molar-refractivity contribution in [2.75, 3.05) is 0 Å². The smallest absolute Gasteiger partial charge is 0.127 e. The highest BCUT2D eigenvalue weighted by atomic mass is 16.1. The zero-order valence-corrected chi connectivity index (χ0v) is 11.6. The fraction of sp³-hybridized carbons (Fsp3) is 0.389. The van der Waals surface area contributed by atoms with Crippen molar-refractivity contribution in [3.05, 3.63) is 48.0 Å². The van der Waals surface area contributed by atoms with Crippen molar-refractivity contribution in [3.8, 4) is 0 Å². The summed E-state index contributed by atoms with van der Waals surface area (Å²) in [5.74, 6) is 0.0569. The third-order valence-electron chi connectivity index (χ3n) is 3.73. The Balaban J connectivity index is 2.09. The first kappa shape index (κ1) is 13.8. The topological polar surface area (TPSA) is 17.1 Å². The van der Waals surface area contributed by atoms with E-state index in [0.717, 1.165) is 24.7 Å². The van der Waals surface area contributed by atoms with Crippen LogP contribution in [-0.2, 0) is 4.79 Å². The Hall–Kier alpha value is -1.63. The van der Waals surface area contributed by atoms with E-state index in [-0.39, 0.29) is 5.92 Å². The highest BCUT2D eigenvalue weighted by Crippen LogP contribution is 2.24. The summed E-state index contributed by atoms with van der Waals surface area (Å²) in [6.07, 6.45) is 6.96. The molecule has 19 heavy (non-hydrogen) atoms. The molecular weight excluding hydrogens is 232 g/mol. The van der Waals surface area contributed by atoms with E-state index in [4.69, 9.17) is 0 Å². The summed E-state index contributed by atoms with van der Waals surface area (Å²) in [4.78, 5) is 11.3. The highest BCUT2D eigenvalue weighted by molar-refractivity contribution is 5.84. The third-order valence-corrected chi connectivity index (χ3v) is 3.73. The van der Waals surface area contributed by atoms with Crippen molar-refractivity contribution >= 4 is 17.1 Å². The van der Waals surface area contributed by atoms with Gasteiger partial charge in [-0.15, -0.1) is 0 Å². The van der Waals surface area contributed by atoms with Crippen LogP contribution in [0, 0.1) is 0 Å². The molecule has 0 N–H and O–H groups in total. The van der Waals surface area contributed by atoms with E-state index in [1.165, 1.54) is 30.0 Å². The Morgan fingerprint density at radius 2 is 1.79 bits per heavy atom. The maximum atomic E-state index is 11.3. The van der Waals surface area contributed by atoms with Gasteiger partial charge in [0.05, 0.1) is 0 Å². The Morgan fingerprint density at radius 3 is 2.53 bits per heavy atom. The van der Waals surface area contributed by atoms with E-state index in [2.05, 4.69) is 37.3 Å². The maximum absolute atomic E-state index is 11.3. The Morgan fingerprint density at radius 1 is 1.00 bits per heavy atom. The van der Waals surface area contributed by atoms with Crippen molar-refractivity contribution in [2.45, 2.75) is 44.9 Å². The van der Waals surface area contributed by atoms with Gasteiger partial charge in [0.1, 0.15) is 6.29 Å². The summed E-state index contributed by atoms with van der Waals surface area (Å²) in [6.45, 7) is 2.21. The van der Waals surface area contributed by atoms with Gasteiger partial charge in [-0.2, -0.15) is 0 Å². The molecule has 2 aromatic carbocycles. The van der Waals surface area contributed by atoms with Crippen LogP contribution in [0.15, 0.2) is 42.5 Å². The van der Waals surface area contributed by atoms with E-state index in [0.29, 0.717) is 0 Å². The zero-order chi connectivity index (χ0) is 13.5. The van der Waals surface area contributed by atoms with Crippen molar-refractivity contribution < 1.29 is 4.79 Å². The van der Waals surface area contributed by atoms with Gasteiger partial charge in [-0.25, -0.2) is 0 Å². The van der Waals surface area contributed by atoms with Gasteiger partial charge in [0.2, 0.25) is 0 Å². The van der Waals surface area contributed by atoms with Crippen LogP contribution >= 0.6 is 0 Å². The third kappa shape index (κ3) is 3.66.